The molecule has 1 aromatic carbocycles. The van der Waals surface area contributed by atoms with Crippen LogP contribution in [0.15, 0.2) is 40.5 Å². The summed E-state index contributed by atoms with van der Waals surface area (Å²) in [5.41, 5.74) is 2.94. The van der Waals surface area contributed by atoms with Gasteiger partial charge in [0.25, 0.3) is 5.56 Å². The first-order chi connectivity index (χ1) is 9.72. The minimum Gasteiger partial charge on any atom is -0.267 e. The van der Waals surface area contributed by atoms with Crippen molar-refractivity contribution < 1.29 is 0 Å². The van der Waals surface area contributed by atoms with E-state index in [0.29, 0.717) is 0 Å². The Kier molecular flexibility index (Phi) is 2.52. The van der Waals surface area contributed by atoms with Crippen molar-refractivity contribution in [1.29, 1.82) is 0 Å². The van der Waals surface area contributed by atoms with Crippen molar-refractivity contribution >= 4 is 44.7 Å². The van der Waals surface area contributed by atoms with Crippen LogP contribution in [0.25, 0.3) is 22.1 Å². The topological polar surface area (TPSA) is 34.4 Å². The van der Waals surface area contributed by atoms with Crippen molar-refractivity contribution in [2.45, 2.75) is 6.92 Å². The third kappa shape index (κ3) is 1.71. The molecule has 0 unspecified atom stereocenters. The molecule has 3 heterocycles. The number of hydrogen-bond donors (Lipinski definition) is 0. The standard InChI is InChI=1S/C15H10N2OS2/c1-9-4-5-12-11(7-9)16-15-17(12)14(18)13(20-15)8-10-3-2-6-19-10/h2-8H,1H3. The second-order valence-electron chi connectivity index (χ2n) is 4.65. The van der Waals surface area contributed by atoms with Crippen molar-refractivity contribution in [3.63, 3.8) is 0 Å². The van der Waals surface area contributed by atoms with E-state index in [2.05, 4.69) is 4.98 Å². The summed E-state index contributed by atoms with van der Waals surface area (Å²) in [6.07, 6.45) is 1.94. The number of nitrogens with zero attached hydrogens (tertiary/aromatic N) is 2. The fourth-order valence-corrected chi connectivity index (χ4v) is 3.99. The minimum atomic E-state index is 0.0183. The van der Waals surface area contributed by atoms with Crippen molar-refractivity contribution in [2.24, 2.45) is 0 Å². The molecule has 0 aliphatic rings. The van der Waals surface area contributed by atoms with Crippen LogP contribution in [0.1, 0.15) is 10.4 Å². The summed E-state index contributed by atoms with van der Waals surface area (Å²) in [5, 5.41) is 2.01. The highest BCUT2D eigenvalue weighted by molar-refractivity contribution is 7.15. The third-order valence-corrected chi connectivity index (χ3v) is 5.00. The van der Waals surface area contributed by atoms with Crippen LogP contribution in [0.3, 0.4) is 0 Å². The SMILES string of the molecule is Cc1ccc2c(c1)nc1sc(=Cc3cccs3)c(=O)n12. The minimum absolute atomic E-state index is 0.0183. The molecule has 0 saturated heterocycles. The number of thiophene rings is 1. The molecule has 0 amide bonds. The van der Waals surface area contributed by atoms with E-state index in [1.165, 1.54) is 11.3 Å². The first-order valence-electron chi connectivity index (χ1n) is 6.19. The Morgan fingerprint density at radius 2 is 2.20 bits per heavy atom. The number of imidazole rings is 1. The lowest BCUT2D eigenvalue weighted by atomic mass is 10.2. The van der Waals surface area contributed by atoms with Crippen LogP contribution in [0.2, 0.25) is 0 Å². The van der Waals surface area contributed by atoms with E-state index < -0.39 is 0 Å². The summed E-state index contributed by atoms with van der Waals surface area (Å²) in [6.45, 7) is 2.03. The maximum absolute atomic E-state index is 12.5. The molecule has 0 spiro atoms. The van der Waals surface area contributed by atoms with E-state index in [1.54, 1.807) is 15.7 Å². The molecule has 4 aromatic rings. The van der Waals surface area contributed by atoms with Crippen LogP contribution in [0.5, 0.6) is 0 Å². The molecule has 20 heavy (non-hydrogen) atoms. The number of aromatic nitrogens is 2. The van der Waals surface area contributed by atoms with Gasteiger partial charge in [0, 0.05) is 4.88 Å². The van der Waals surface area contributed by atoms with E-state index in [0.717, 1.165) is 31.0 Å². The maximum atomic E-state index is 12.5. The van der Waals surface area contributed by atoms with Crippen molar-refractivity contribution in [2.75, 3.05) is 0 Å². The second-order valence-corrected chi connectivity index (χ2v) is 6.64. The predicted molar refractivity (Wildman–Crippen MR) is 84.7 cm³/mol. The summed E-state index contributed by atoms with van der Waals surface area (Å²) in [5.74, 6) is 0. The molecule has 0 fully saturated rings. The van der Waals surface area contributed by atoms with Gasteiger partial charge in [0.05, 0.1) is 15.6 Å². The maximum Gasteiger partial charge on any atom is 0.274 e. The van der Waals surface area contributed by atoms with Gasteiger partial charge in [0.1, 0.15) is 0 Å². The molecule has 4 rings (SSSR count). The molecule has 3 aromatic heterocycles. The highest BCUT2D eigenvalue weighted by atomic mass is 32.1. The van der Waals surface area contributed by atoms with Crippen molar-refractivity contribution in [3.05, 3.63) is 61.0 Å². The molecule has 5 heteroatoms. The van der Waals surface area contributed by atoms with Gasteiger partial charge >= 0.3 is 0 Å². The second kappa shape index (κ2) is 4.26. The highest BCUT2D eigenvalue weighted by Crippen LogP contribution is 2.18. The average molecular weight is 298 g/mol. The molecule has 0 aliphatic heterocycles. The zero-order valence-electron chi connectivity index (χ0n) is 10.7. The molecular weight excluding hydrogens is 288 g/mol. The van der Waals surface area contributed by atoms with Crippen LogP contribution in [-0.2, 0) is 0 Å². The Morgan fingerprint density at radius 1 is 1.30 bits per heavy atom. The Morgan fingerprint density at radius 3 is 3.00 bits per heavy atom. The number of benzene rings is 1. The number of thiazole rings is 1. The van der Waals surface area contributed by atoms with Crippen molar-refractivity contribution in [3.8, 4) is 0 Å². The fraction of sp³-hybridized carbons (Fsp3) is 0.0667. The van der Waals surface area contributed by atoms with E-state index in [4.69, 9.17) is 0 Å². The van der Waals surface area contributed by atoms with Gasteiger partial charge in [0.15, 0.2) is 4.96 Å². The summed E-state index contributed by atoms with van der Waals surface area (Å²) >= 11 is 3.07. The van der Waals surface area contributed by atoms with E-state index in [9.17, 15) is 4.79 Å². The Labute approximate surface area is 122 Å². The third-order valence-electron chi connectivity index (χ3n) is 3.21. The lowest BCUT2D eigenvalue weighted by molar-refractivity contribution is 1.19. The van der Waals surface area contributed by atoms with Gasteiger partial charge in [-0.15, -0.1) is 11.3 Å². The monoisotopic (exact) mass is 298 g/mol. The number of fused-ring (bicyclic) bond motifs is 3. The average Bonchev–Trinajstić information content (AvgIpc) is 3.09. The largest absolute Gasteiger partial charge is 0.274 e. The number of rotatable bonds is 1. The van der Waals surface area contributed by atoms with Gasteiger partial charge in [-0.1, -0.05) is 23.5 Å². The van der Waals surface area contributed by atoms with Crippen LogP contribution < -0.4 is 10.1 Å². The van der Waals surface area contributed by atoms with Gasteiger partial charge in [-0.05, 0) is 42.1 Å². The summed E-state index contributed by atoms with van der Waals surface area (Å²) in [6, 6.07) is 9.98. The molecule has 0 saturated carbocycles. The first kappa shape index (κ1) is 11.8. The molecule has 0 N–H and O–H groups in total. The van der Waals surface area contributed by atoms with E-state index in [1.807, 2.05) is 48.7 Å². The summed E-state index contributed by atoms with van der Waals surface area (Å²) < 4.78 is 2.44. The van der Waals surface area contributed by atoms with Crippen molar-refractivity contribution in [1.82, 2.24) is 9.38 Å². The number of hydrogen-bond acceptors (Lipinski definition) is 4. The Hall–Kier alpha value is -1.98. The molecule has 0 bridgehead atoms. The smallest absolute Gasteiger partial charge is 0.267 e. The fourth-order valence-electron chi connectivity index (χ4n) is 2.28. The zero-order chi connectivity index (χ0) is 13.7. The Bertz CT molecular complexity index is 1030. The Balaban J connectivity index is 2.08. The molecule has 3 nitrogen and oxygen atoms in total. The molecule has 0 atom stereocenters. The molecule has 0 aliphatic carbocycles. The van der Waals surface area contributed by atoms with Gasteiger partial charge in [-0.3, -0.25) is 4.79 Å². The molecular formula is C15H10N2OS2. The summed E-state index contributed by atoms with van der Waals surface area (Å²) in [7, 11) is 0. The quantitative estimate of drug-likeness (QED) is 0.541. The van der Waals surface area contributed by atoms with Gasteiger partial charge < -0.3 is 0 Å². The van der Waals surface area contributed by atoms with Crippen LogP contribution in [0, 0.1) is 6.92 Å². The van der Waals surface area contributed by atoms with E-state index >= 15 is 0 Å². The van der Waals surface area contributed by atoms with E-state index in [-0.39, 0.29) is 5.56 Å². The lowest BCUT2D eigenvalue weighted by Crippen LogP contribution is -2.22. The lowest BCUT2D eigenvalue weighted by Gasteiger charge is -1.91. The van der Waals surface area contributed by atoms with Crippen LogP contribution in [-0.4, -0.2) is 9.38 Å². The van der Waals surface area contributed by atoms with Gasteiger partial charge in [0.2, 0.25) is 0 Å². The van der Waals surface area contributed by atoms with Gasteiger partial charge in [-0.25, -0.2) is 9.38 Å². The predicted octanol–water partition coefficient (Wildman–Crippen LogP) is 2.83. The zero-order valence-corrected chi connectivity index (χ0v) is 12.3. The normalized spacial score (nSPS) is 12.8. The molecule has 98 valence electrons. The number of aryl methyl sites for hydroxylation is 1. The molecule has 0 radical (unpaired) electrons. The first-order valence-corrected chi connectivity index (χ1v) is 7.89. The van der Waals surface area contributed by atoms with Gasteiger partial charge in [-0.2, -0.15) is 0 Å². The van der Waals surface area contributed by atoms with Crippen LogP contribution in [0.4, 0.5) is 0 Å². The summed E-state index contributed by atoms with van der Waals surface area (Å²) in [4.78, 5) is 18.9. The van der Waals surface area contributed by atoms with Crippen LogP contribution >= 0.6 is 22.7 Å². The highest BCUT2D eigenvalue weighted by Gasteiger charge is 2.10.